The molecular weight excluding hydrogens is 90.2 g/mol. The molecule has 0 rings (SSSR count). The smallest absolute Gasteiger partial charge is 0.00831 e. The number of nitrogens with zero attached hydrogens (tertiary/aromatic N) is 1. The Morgan fingerprint density at radius 1 is 1.50 bits per heavy atom. The fourth-order valence-electron chi connectivity index (χ4n) is 0. The Labute approximate surface area is 37.1 Å². The van der Waals surface area contributed by atoms with E-state index in [0.29, 0.717) is 0 Å². The van der Waals surface area contributed by atoms with Gasteiger partial charge in [0, 0.05) is 7.05 Å². The third kappa shape index (κ3) is 16.8. The molecule has 0 aliphatic heterocycles. The van der Waals surface area contributed by atoms with Gasteiger partial charge in [0.05, 0.1) is 0 Å². The number of thiol groups is 2. The maximum absolute atomic E-state index is 3.66. The van der Waals surface area contributed by atoms with Crippen LogP contribution in [0, 0.1) is 0 Å². The normalized spacial score (nSPS) is 9.00. The summed E-state index contributed by atoms with van der Waals surface area (Å²) in [5.41, 5.74) is 0. The number of rotatable bonds is 0. The fraction of sp³-hybridized carbons (Fsp3) is 1.00. The van der Waals surface area contributed by atoms with Crippen LogP contribution in [0.4, 0.5) is 0 Å². The lowest BCUT2D eigenvalue weighted by Crippen LogP contribution is -1.78. The molecule has 0 N–H and O–H groups in total. The van der Waals surface area contributed by atoms with Crippen LogP contribution in [-0.2, 0) is 0 Å². The topological polar surface area (TPSA) is 3.24 Å². The molecule has 0 saturated heterocycles. The standard InChI is InChI=1S/CH5NS2/c1-2(3)4/h3-4H,1H3. The van der Waals surface area contributed by atoms with Gasteiger partial charge in [-0.2, -0.15) is 0 Å². The van der Waals surface area contributed by atoms with Crippen LogP contribution < -0.4 is 0 Å². The average molecular weight is 95.2 g/mol. The van der Waals surface area contributed by atoms with Gasteiger partial charge in [-0.25, -0.2) is 3.71 Å². The summed E-state index contributed by atoms with van der Waals surface area (Å²) in [6.07, 6.45) is 0. The van der Waals surface area contributed by atoms with Crippen LogP contribution in [0.15, 0.2) is 0 Å². The van der Waals surface area contributed by atoms with E-state index in [-0.39, 0.29) is 0 Å². The van der Waals surface area contributed by atoms with Gasteiger partial charge < -0.3 is 0 Å². The first kappa shape index (κ1) is 4.66. The van der Waals surface area contributed by atoms with Gasteiger partial charge >= 0.3 is 0 Å². The molecule has 0 aliphatic rings. The fourth-order valence-corrected chi connectivity index (χ4v) is 0. The SMILES string of the molecule is CN(S)S. The molecule has 0 aliphatic carbocycles. The zero-order valence-corrected chi connectivity index (χ0v) is 4.13. The van der Waals surface area contributed by atoms with Gasteiger partial charge in [0.1, 0.15) is 0 Å². The van der Waals surface area contributed by atoms with Crippen molar-refractivity contribution in [1.29, 1.82) is 0 Å². The zero-order chi connectivity index (χ0) is 3.58. The van der Waals surface area contributed by atoms with E-state index in [0.717, 1.165) is 0 Å². The van der Waals surface area contributed by atoms with E-state index in [1.807, 2.05) is 0 Å². The molecule has 0 aromatic rings. The first-order valence-corrected chi connectivity index (χ1v) is 1.65. The van der Waals surface area contributed by atoms with Crippen molar-refractivity contribution in [3.8, 4) is 0 Å². The summed E-state index contributed by atoms with van der Waals surface area (Å²) in [6, 6.07) is 0. The number of hydrogen-bond acceptors (Lipinski definition) is 3. The summed E-state index contributed by atoms with van der Waals surface area (Å²) < 4.78 is 1.39. The lowest BCUT2D eigenvalue weighted by atomic mass is 11.6. The Morgan fingerprint density at radius 3 is 1.50 bits per heavy atom. The monoisotopic (exact) mass is 95.0 g/mol. The van der Waals surface area contributed by atoms with Crippen LogP contribution in [0.25, 0.3) is 0 Å². The quantitative estimate of drug-likeness (QED) is 0.417. The second-order valence-electron chi connectivity index (χ2n) is 0.489. The summed E-state index contributed by atoms with van der Waals surface area (Å²) >= 11 is 7.33. The van der Waals surface area contributed by atoms with Crippen LogP contribution in [-0.4, -0.2) is 10.8 Å². The largest absolute Gasteiger partial charge is 0.203 e. The first-order chi connectivity index (χ1) is 1.73. The average Bonchev–Trinajstić information content (AvgIpc) is 0.811. The molecule has 0 amide bonds. The summed E-state index contributed by atoms with van der Waals surface area (Å²) in [5.74, 6) is 0. The third-order valence-electron chi connectivity index (χ3n) is 0. The van der Waals surface area contributed by atoms with Crippen molar-refractivity contribution >= 4 is 25.6 Å². The van der Waals surface area contributed by atoms with Crippen LogP contribution in [0.1, 0.15) is 0 Å². The van der Waals surface area contributed by atoms with Crippen molar-refractivity contribution in [3.05, 3.63) is 0 Å². The summed E-state index contributed by atoms with van der Waals surface area (Å²) in [7, 11) is 1.73. The highest BCUT2D eigenvalue weighted by atomic mass is 32.2. The molecule has 0 heterocycles. The molecule has 0 spiro atoms. The maximum atomic E-state index is 3.66. The third-order valence-corrected chi connectivity index (χ3v) is 0. The second-order valence-corrected chi connectivity index (χ2v) is 2.00. The van der Waals surface area contributed by atoms with Crippen molar-refractivity contribution in [1.82, 2.24) is 3.71 Å². The van der Waals surface area contributed by atoms with E-state index < -0.39 is 0 Å². The molecule has 4 heavy (non-hydrogen) atoms. The summed E-state index contributed by atoms with van der Waals surface area (Å²) in [5, 5.41) is 0. The molecule has 3 heteroatoms. The summed E-state index contributed by atoms with van der Waals surface area (Å²) in [6.45, 7) is 0. The molecule has 0 fully saturated rings. The van der Waals surface area contributed by atoms with E-state index >= 15 is 0 Å². The summed E-state index contributed by atoms with van der Waals surface area (Å²) in [4.78, 5) is 0. The van der Waals surface area contributed by atoms with Crippen molar-refractivity contribution in [3.63, 3.8) is 0 Å². The molecule has 0 saturated carbocycles. The number of hydrogen-bond donors (Lipinski definition) is 2. The van der Waals surface area contributed by atoms with Crippen molar-refractivity contribution in [2.75, 3.05) is 7.05 Å². The van der Waals surface area contributed by atoms with Crippen molar-refractivity contribution in [2.24, 2.45) is 0 Å². The van der Waals surface area contributed by atoms with Crippen molar-refractivity contribution in [2.45, 2.75) is 0 Å². The molecule has 0 aromatic carbocycles. The van der Waals surface area contributed by atoms with Crippen LogP contribution in [0.5, 0.6) is 0 Å². The van der Waals surface area contributed by atoms with E-state index in [1.54, 1.807) is 7.05 Å². The molecule has 0 unspecified atom stereocenters. The van der Waals surface area contributed by atoms with Gasteiger partial charge in [0.15, 0.2) is 0 Å². The highest BCUT2D eigenvalue weighted by Crippen LogP contribution is 1.84. The zero-order valence-electron chi connectivity index (χ0n) is 2.34. The van der Waals surface area contributed by atoms with E-state index in [4.69, 9.17) is 0 Å². The Hall–Kier alpha value is 0.660. The van der Waals surface area contributed by atoms with E-state index in [9.17, 15) is 0 Å². The van der Waals surface area contributed by atoms with Gasteiger partial charge in [0.2, 0.25) is 0 Å². The van der Waals surface area contributed by atoms with Gasteiger partial charge in [-0.3, -0.25) is 0 Å². The van der Waals surface area contributed by atoms with Crippen LogP contribution in [0.2, 0.25) is 0 Å². The molecule has 0 bridgehead atoms. The highest BCUT2D eigenvalue weighted by molar-refractivity contribution is 7.93. The molecular formula is CH5NS2. The first-order valence-electron chi connectivity index (χ1n) is 0.847. The lowest BCUT2D eigenvalue weighted by Gasteiger charge is -1.86. The molecule has 0 atom stereocenters. The van der Waals surface area contributed by atoms with Crippen molar-refractivity contribution < 1.29 is 0 Å². The van der Waals surface area contributed by atoms with Crippen LogP contribution in [0.3, 0.4) is 0 Å². The second kappa shape index (κ2) is 1.93. The molecule has 0 radical (unpaired) electrons. The van der Waals surface area contributed by atoms with Gasteiger partial charge in [-0.05, 0) is 0 Å². The van der Waals surface area contributed by atoms with Gasteiger partial charge in [-0.1, -0.05) is 25.6 Å². The minimum atomic E-state index is 1.39. The minimum Gasteiger partial charge on any atom is -0.203 e. The maximum Gasteiger partial charge on any atom is 0.00831 e. The Bertz CT molecular complexity index is 10.8. The molecule has 0 aromatic heterocycles. The van der Waals surface area contributed by atoms with Crippen LogP contribution >= 0.6 is 25.6 Å². The predicted octanol–water partition coefficient (Wildman–Crippen LogP) is 0.608. The lowest BCUT2D eigenvalue weighted by molar-refractivity contribution is 0.975. The highest BCUT2D eigenvalue weighted by Gasteiger charge is 1.61. The van der Waals surface area contributed by atoms with Gasteiger partial charge in [0.25, 0.3) is 0 Å². The Balaban J connectivity index is 2.32. The Morgan fingerprint density at radius 2 is 1.50 bits per heavy atom. The Kier molecular flexibility index (Phi) is 2.25. The predicted molar refractivity (Wildman–Crippen MR) is 25.7 cm³/mol. The minimum absolute atomic E-state index is 1.39. The van der Waals surface area contributed by atoms with E-state index in [2.05, 4.69) is 25.6 Å². The molecule has 26 valence electrons. The van der Waals surface area contributed by atoms with Gasteiger partial charge in [-0.15, -0.1) is 0 Å². The van der Waals surface area contributed by atoms with E-state index in [1.165, 1.54) is 3.71 Å². The molecule has 1 nitrogen and oxygen atoms in total.